The van der Waals surface area contributed by atoms with Gasteiger partial charge in [0.25, 0.3) is 0 Å². The molecule has 4 nitrogen and oxygen atoms in total. The van der Waals surface area contributed by atoms with Gasteiger partial charge < -0.3 is 5.32 Å². The molecule has 2 atom stereocenters. The predicted octanol–water partition coefficient (Wildman–Crippen LogP) is 2.32. The zero-order chi connectivity index (χ0) is 13.2. The lowest BCUT2D eigenvalue weighted by Gasteiger charge is -2.26. The van der Waals surface area contributed by atoms with Crippen LogP contribution < -0.4 is 5.32 Å². The number of nitrogens with one attached hydrogen (secondary N) is 1. The van der Waals surface area contributed by atoms with Crippen LogP contribution in [0.25, 0.3) is 0 Å². The second-order valence-corrected chi connectivity index (χ2v) is 5.21. The van der Waals surface area contributed by atoms with Gasteiger partial charge in [-0.2, -0.15) is 0 Å². The molecule has 1 aromatic rings. The summed E-state index contributed by atoms with van der Waals surface area (Å²) in [5.41, 5.74) is 0.639. The van der Waals surface area contributed by atoms with E-state index in [1.165, 1.54) is 17.6 Å². The van der Waals surface area contributed by atoms with Gasteiger partial charge in [-0.05, 0) is 12.8 Å². The molecule has 2 unspecified atom stereocenters. The molecule has 0 bridgehead atoms. The van der Waals surface area contributed by atoms with Gasteiger partial charge in [-0.25, -0.2) is 5.06 Å². The van der Waals surface area contributed by atoms with Crippen LogP contribution in [0.5, 0.6) is 0 Å². The number of fused-ring (bicyclic) bond motifs is 1. The fraction of sp³-hybridized carbons (Fsp3) is 0.400. The van der Waals surface area contributed by atoms with Crippen molar-refractivity contribution in [2.24, 2.45) is 0 Å². The molecule has 1 aliphatic carbocycles. The van der Waals surface area contributed by atoms with E-state index in [0.29, 0.717) is 11.4 Å². The highest BCUT2D eigenvalue weighted by molar-refractivity contribution is 6.04. The minimum Gasteiger partial charge on any atom is -0.365 e. The lowest BCUT2D eigenvalue weighted by Crippen LogP contribution is -2.37. The van der Waals surface area contributed by atoms with Gasteiger partial charge >= 0.3 is 0 Å². The molecule has 100 valence electrons. The number of hydroxylamine groups is 2. The van der Waals surface area contributed by atoms with Crippen molar-refractivity contribution in [3.05, 3.63) is 47.8 Å². The number of allylic oxidation sites excluding steroid dienone is 1. The fourth-order valence-electron chi connectivity index (χ4n) is 2.92. The van der Waals surface area contributed by atoms with Crippen LogP contribution in [0, 0.1) is 0 Å². The van der Waals surface area contributed by atoms with Crippen molar-refractivity contribution in [3.63, 3.8) is 0 Å². The number of ketones is 1. The molecular formula is C15H18N2O2. The molecule has 1 heterocycles. The first kappa shape index (κ1) is 12.2. The molecule has 2 N–H and O–H groups in total. The quantitative estimate of drug-likeness (QED) is 0.631. The van der Waals surface area contributed by atoms with Crippen molar-refractivity contribution < 1.29 is 10.0 Å². The minimum atomic E-state index is -0.0826. The number of benzene rings is 1. The maximum Gasteiger partial charge on any atom is 0.189 e. The fourth-order valence-corrected chi connectivity index (χ4v) is 2.92. The lowest BCUT2D eigenvalue weighted by atomic mass is 9.92. The number of rotatable bonds is 2. The van der Waals surface area contributed by atoms with Gasteiger partial charge in [-0.15, -0.1) is 0 Å². The highest BCUT2D eigenvalue weighted by atomic mass is 16.5. The van der Waals surface area contributed by atoms with Gasteiger partial charge in [-0.3, -0.25) is 10.0 Å². The Kier molecular flexibility index (Phi) is 3.25. The van der Waals surface area contributed by atoms with E-state index in [-0.39, 0.29) is 17.9 Å². The van der Waals surface area contributed by atoms with Crippen LogP contribution in [-0.4, -0.2) is 28.1 Å². The molecule has 2 fully saturated rings. The summed E-state index contributed by atoms with van der Waals surface area (Å²) in [6, 6.07) is 9.50. The highest BCUT2D eigenvalue weighted by Gasteiger charge is 2.37. The second kappa shape index (κ2) is 5.05. The van der Waals surface area contributed by atoms with Crippen molar-refractivity contribution in [1.82, 2.24) is 10.4 Å². The minimum absolute atomic E-state index is 0.0826. The molecule has 1 saturated heterocycles. The van der Waals surface area contributed by atoms with Crippen LogP contribution in [0.1, 0.15) is 36.0 Å². The smallest absolute Gasteiger partial charge is 0.189 e. The Morgan fingerprint density at radius 1 is 1.26 bits per heavy atom. The third-order valence-corrected chi connectivity index (χ3v) is 3.95. The monoisotopic (exact) mass is 258 g/mol. The standard InChI is InChI=1S/C15H18N2O2/c18-14(11-6-2-1-3-7-11)10-15-16-12-8-4-5-9-13(12)17(15)19/h1-3,6-7,10,12-13,16,19H,4-5,8-9H2/b15-10-. The SMILES string of the molecule is O=C(/C=C1/NC2CCCCC2N1O)c1ccccc1. The molecule has 4 heteroatoms. The molecule has 0 spiro atoms. The van der Waals surface area contributed by atoms with Gasteiger partial charge in [0.05, 0.1) is 12.1 Å². The van der Waals surface area contributed by atoms with Gasteiger partial charge in [0, 0.05) is 11.6 Å². The molecule has 19 heavy (non-hydrogen) atoms. The van der Waals surface area contributed by atoms with Crippen molar-refractivity contribution in [1.29, 1.82) is 0 Å². The maximum atomic E-state index is 12.1. The molecule has 2 aliphatic rings. The Bertz CT molecular complexity index is 498. The Morgan fingerprint density at radius 3 is 2.74 bits per heavy atom. The average molecular weight is 258 g/mol. The highest BCUT2D eigenvalue weighted by Crippen LogP contribution is 2.29. The summed E-state index contributed by atoms with van der Waals surface area (Å²) in [7, 11) is 0. The van der Waals surface area contributed by atoms with E-state index >= 15 is 0 Å². The van der Waals surface area contributed by atoms with Crippen LogP contribution in [-0.2, 0) is 0 Å². The average Bonchev–Trinajstić information content (AvgIpc) is 2.77. The molecule has 1 saturated carbocycles. The summed E-state index contributed by atoms with van der Waals surface area (Å²) in [6.45, 7) is 0. The zero-order valence-corrected chi connectivity index (χ0v) is 10.7. The summed E-state index contributed by atoms with van der Waals surface area (Å²) in [5.74, 6) is 0.451. The molecule has 0 radical (unpaired) electrons. The molecule has 0 aromatic heterocycles. The van der Waals surface area contributed by atoms with E-state index in [2.05, 4.69) is 5.32 Å². The number of carbonyl (C=O) groups excluding carboxylic acids is 1. The predicted molar refractivity (Wildman–Crippen MR) is 71.7 cm³/mol. The first-order chi connectivity index (χ1) is 9.25. The van der Waals surface area contributed by atoms with Crippen molar-refractivity contribution in [2.75, 3.05) is 0 Å². The Morgan fingerprint density at radius 2 is 2.00 bits per heavy atom. The van der Waals surface area contributed by atoms with E-state index in [1.807, 2.05) is 18.2 Å². The third-order valence-electron chi connectivity index (χ3n) is 3.95. The molecule has 0 amide bonds. The van der Waals surface area contributed by atoms with Crippen LogP contribution >= 0.6 is 0 Å². The second-order valence-electron chi connectivity index (χ2n) is 5.21. The van der Waals surface area contributed by atoms with E-state index in [9.17, 15) is 10.0 Å². The van der Waals surface area contributed by atoms with Gasteiger partial charge in [-0.1, -0.05) is 43.2 Å². The molecular weight excluding hydrogens is 240 g/mol. The topological polar surface area (TPSA) is 52.6 Å². The lowest BCUT2D eigenvalue weighted by molar-refractivity contribution is -0.0841. The number of hydrogen-bond acceptors (Lipinski definition) is 4. The van der Waals surface area contributed by atoms with Gasteiger partial charge in [0.1, 0.15) is 5.82 Å². The van der Waals surface area contributed by atoms with Crippen molar-refractivity contribution in [3.8, 4) is 0 Å². The van der Waals surface area contributed by atoms with Gasteiger partial charge in [0.15, 0.2) is 5.78 Å². The Balaban J connectivity index is 1.79. The van der Waals surface area contributed by atoms with Crippen LogP contribution in [0.2, 0.25) is 0 Å². The summed E-state index contributed by atoms with van der Waals surface area (Å²) in [4.78, 5) is 12.1. The first-order valence-corrected chi connectivity index (χ1v) is 6.81. The Labute approximate surface area is 112 Å². The van der Waals surface area contributed by atoms with Crippen molar-refractivity contribution in [2.45, 2.75) is 37.8 Å². The largest absolute Gasteiger partial charge is 0.365 e. The Hall–Kier alpha value is -1.81. The molecule has 3 rings (SSSR count). The van der Waals surface area contributed by atoms with E-state index in [1.54, 1.807) is 12.1 Å². The molecule has 1 aromatic carbocycles. The maximum absolute atomic E-state index is 12.1. The van der Waals surface area contributed by atoms with Crippen LogP contribution in [0.3, 0.4) is 0 Å². The number of nitrogens with zero attached hydrogens (tertiary/aromatic N) is 1. The van der Waals surface area contributed by atoms with Crippen LogP contribution in [0.15, 0.2) is 42.2 Å². The zero-order valence-electron chi connectivity index (χ0n) is 10.7. The van der Waals surface area contributed by atoms with E-state index < -0.39 is 0 Å². The summed E-state index contributed by atoms with van der Waals surface area (Å²) in [5, 5.41) is 14.6. The normalized spacial score (nSPS) is 28.1. The molecule has 1 aliphatic heterocycles. The van der Waals surface area contributed by atoms with E-state index in [0.717, 1.165) is 19.3 Å². The first-order valence-electron chi connectivity index (χ1n) is 6.81. The van der Waals surface area contributed by atoms with E-state index in [4.69, 9.17) is 0 Å². The third kappa shape index (κ3) is 2.36. The number of carbonyl (C=O) groups is 1. The van der Waals surface area contributed by atoms with Crippen LogP contribution in [0.4, 0.5) is 0 Å². The summed E-state index contributed by atoms with van der Waals surface area (Å²) in [6.07, 6.45) is 5.85. The van der Waals surface area contributed by atoms with Crippen molar-refractivity contribution >= 4 is 5.78 Å². The number of hydrogen-bond donors (Lipinski definition) is 2. The summed E-state index contributed by atoms with van der Waals surface area (Å²) >= 11 is 0. The van der Waals surface area contributed by atoms with Gasteiger partial charge in [0.2, 0.25) is 0 Å². The summed E-state index contributed by atoms with van der Waals surface area (Å²) < 4.78 is 0.